The maximum atomic E-state index is 12.2. The van der Waals surface area contributed by atoms with Crippen LogP contribution in [-0.2, 0) is 19.1 Å². The average molecular weight is 339 g/mol. The van der Waals surface area contributed by atoms with Crippen LogP contribution in [0.2, 0.25) is 0 Å². The minimum Gasteiger partial charge on any atom is -0.467 e. The minimum absolute atomic E-state index is 0.0920. The van der Waals surface area contributed by atoms with Crippen LogP contribution < -0.4 is 10.6 Å². The van der Waals surface area contributed by atoms with Gasteiger partial charge in [0.2, 0.25) is 5.91 Å². The highest BCUT2D eigenvalue weighted by Gasteiger charge is 2.55. The zero-order chi connectivity index (χ0) is 17.5. The maximum absolute atomic E-state index is 12.2. The summed E-state index contributed by atoms with van der Waals surface area (Å²) in [4.78, 5) is 36.4. The van der Waals surface area contributed by atoms with Gasteiger partial charge in [-0.1, -0.05) is 26.2 Å². The van der Waals surface area contributed by atoms with Crippen LogP contribution in [0.5, 0.6) is 0 Å². The third kappa shape index (κ3) is 4.48. The average Bonchev–Trinajstić information content (AvgIpc) is 2.50. The second-order valence-electron chi connectivity index (χ2n) is 5.49. The van der Waals surface area contributed by atoms with Gasteiger partial charge in [-0.3, -0.25) is 9.59 Å². The molecule has 1 rings (SSSR count). The SMILES string of the molecule is CCCCCCC(=O)C[C@]1(C(=O)OC)NC(=S)NC(=O)[C@@H]1C#N. The molecule has 0 spiro atoms. The number of unbranched alkanes of at least 4 members (excludes halogenated alkanes) is 3. The Morgan fingerprint density at radius 3 is 2.65 bits per heavy atom. The lowest BCUT2D eigenvalue weighted by Gasteiger charge is -2.38. The van der Waals surface area contributed by atoms with E-state index in [-0.39, 0.29) is 23.7 Å². The Bertz CT molecular complexity index is 543. The number of esters is 1. The number of hydrogen-bond donors (Lipinski definition) is 2. The number of amides is 1. The van der Waals surface area contributed by atoms with Gasteiger partial charge < -0.3 is 15.4 Å². The fraction of sp³-hybridized carbons (Fsp3) is 0.667. The first-order chi connectivity index (χ1) is 10.9. The summed E-state index contributed by atoms with van der Waals surface area (Å²) in [5.74, 6) is -3.15. The van der Waals surface area contributed by atoms with Crippen LogP contribution in [0.25, 0.3) is 0 Å². The number of ketones is 1. The van der Waals surface area contributed by atoms with Crippen molar-refractivity contribution in [1.29, 1.82) is 5.26 Å². The number of nitrogens with zero attached hydrogens (tertiary/aromatic N) is 1. The molecular weight excluding hydrogens is 318 g/mol. The normalized spacial score (nSPS) is 23.4. The summed E-state index contributed by atoms with van der Waals surface area (Å²) in [5, 5.41) is 14.1. The molecule has 0 aromatic carbocycles. The molecule has 1 amide bonds. The fourth-order valence-corrected chi connectivity index (χ4v) is 2.88. The Kier molecular flexibility index (Phi) is 7.10. The van der Waals surface area contributed by atoms with E-state index >= 15 is 0 Å². The fourth-order valence-electron chi connectivity index (χ4n) is 2.60. The van der Waals surface area contributed by atoms with Crippen LogP contribution >= 0.6 is 12.2 Å². The van der Waals surface area contributed by atoms with Crippen molar-refractivity contribution in [1.82, 2.24) is 10.6 Å². The van der Waals surface area contributed by atoms with Gasteiger partial charge >= 0.3 is 5.97 Å². The Morgan fingerprint density at radius 2 is 2.09 bits per heavy atom. The number of methoxy groups -OCH3 is 1. The van der Waals surface area contributed by atoms with Gasteiger partial charge in [0.25, 0.3) is 0 Å². The molecule has 7 nitrogen and oxygen atoms in total. The zero-order valence-electron chi connectivity index (χ0n) is 13.3. The molecule has 8 heteroatoms. The Balaban J connectivity index is 2.96. The van der Waals surface area contributed by atoms with Crippen molar-refractivity contribution in [3.05, 3.63) is 0 Å². The van der Waals surface area contributed by atoms with E-state index in [0.717, 1.165) is 26.4 Å². The molecule has 0 aromatic rings. The molecule has 1 saturated heterocycles. The number of rotatable bonds is 8. The van der Waals surface area contributed by atoms with Gasteiger partial charge in [0.15, 0.2) is 16.6 Å². The summed E-state index contributed by atoms with van der Waals surface area (Å²) in [6, 6.07) is 1.77. The molecule has 2 N–H and O–H groups in total. The molecule has 1 heterocycles. The lowest BCUT2D eigenvalue weighted by molar-refractivity contribution is -0.154. The van der Waals surface area contributed by atoms with Crippen molar-refractivity contribution in [2.24, 2.45) is 5.92 Å². The minimum atomic E-state index is -1.76. The first-order valence-electron chi connectivity index (χ1n) is 7.54. The Hall–Kier alpha value is -2.01. The van der Waals surface area contributed by atoms with Crippen LogP contribution in [0.3, 0.4) is 0 Å². The van der Waals surface area contributed by atoms with Gasteiger partial charge in [-0.15, -0.1) is 0 Å². The highest BCUT2D eigenvalue weighted by molar-refractivity contribution is 7.80. The van der Waals surface area contributed by atoms with Crippen molar-refractivity contribution < 1.29 is 19.1 Å². The third-order valence-electron chi connectivity index (χ3n) is 3.79. The second kappa shape index (κ2) is 8.58. The predicted molar refractivity (Wildman–Crippen MR) is 86.1 cm³/mol. The summed E-state index contributed by atoms with van der Waals surface area (Å²) >= 11 is 4.90. The Labute approximate surface area is 140 Å². The van der Waals surface area contributed by atoms with Gasteiger partial charge in [0.1, 0.15) is 5.78 Å². The van der Waals surface area contributed by atoms with Crippen LogP contribution in [0, 0.1) is 17.2 Å². The molecule has 1 aliphatic heterocycles. The van der Waals surface area contributed by atoms with Crippen LogP contribution in [0.4, 0.5) is 0 Å². The van der Waals surface area contributed by atoms with Gasteiger partial charge in [0.05, 0.1) is 13.2 Å². The summed E-state index contributed by atoms with van der Waals surface area (Å²) < 4.78 is 4.72. The van der Waals surface area contributed by atoms with Gasteiger partial charge in [-0.05, 0) is 18.6 Å². The largest absolute Gasteiger partial charge is 0.467 e. The quantitative estimate of drug-likeness (QED) is 0.385. The zero-order valence-corrected chi connectivity index (χ0v) is 14.1. The summed E-state index contributed by atoms with van der Waals surface area (Å²) in [6.07, 6.45) is 3.68. The summed E-state index contributed by atoms with van der Waals surface area (Å²) in [7, 11) is 1.14. The lowest BCUT2D eigenvalue weighted by Crippen LogP contribution is -2.70. The van der Waals surface area contributed by atoms with Crippen LogP contribution in [-0.4, -0.2) is 35.4 Å². The van der Waals surface area contributed by atoms with E-state index in [1.165, 1.54) is 0 Å². The van der Waals surface area contributed by atoms with Crippen LogP contribution in [0.15, 0.2) is 0 Å². The molecule has 0 radical (unpaired) electrons. The number of hydrogen-bond acceptors (Lipinski definition) is 6. The third-order valence-corrected chi connectivity index (χ3v) is 4.00. The van der Waals surface area contributed by atoms with Gasteiger partial charge in [-0.25, -0.2) is 4.79 Å². The van der Waals surface area contributed by atoms with Crippen LogP contribution in [0.1, 0.15) is 45.4 Å². The van der Waals surface area contributed by atoms with E-state index in [9.17, 15) is 19.6 Å². The van der Waals surface area contributed by atoms with E-state index in [1.807, 2.05) is 0 Å². The molecule has 1 fully saturated rings. The molecule has 126 valence electrons. The van der Waals surface area contributed by atoms with Gasteiger partial charge in [-0.2, -0.15) is 5.26 Å². The molecule has 0 aliphatic carbocycles. The monoisotopic (exact) mass is 339 g/mol. The number of carbonyl (C=O) groups is 3. The first-order valence-corrected chi connectivity index (χ1v) is 7.94. The smallest absolute Gasteiger partial charge is 0.333 e. The molecule has 2 atom stereocenters. The second-order valence-corrected chi connectivity index (χ2v) is 5.90. The van der Waals surface area contributed by atoms with E-state index in [2.05, 4.69) is 17.6 Å². The number of nitrogens with one attached hydrogen (secondary N) is 2. The maximum Gasteiger partial charge on any atom is 0.333 e. The lowest BCUT2D eigenvalue weighted by atomic mass is 9.78. The van der Waals surface area contributed by atoms with E-state index < -0.39 is 23.3 Å². The predicted octanol–water partition coefficient (Wildman–Crippen LogP) is 0.972. The first kappa shape index (κ1) is 19.0. The molecule has 1 aliphatic rings. The number of carbonyl (C=O) groups excluding carboxylic acids is 3. The molecule has 0 unspecified atom stereocenters. The highest BCUT2D eigenvalue weighted by Crippen LogP contribution is 2.28. The molecule has 23 heavy (non-hydrogen) atoms. The van der Waals surface area contributed by atoms with Crippen molar-refractivity contribution in [2.75, 3.05) is 7.11 Å². The standard InChI is InChI=1S/C15H21N3O4S/c1-3-4-5-6-7-10(19)8-15(13(21)22-2)11(9-16)12(20)17-14(23)18-15/h11H,3-8H2,1-2H3,(H2,17,18,20,23)/t11-,15-/m0/s1. The molecule has 0 saturated carbocycles. The van der Waals surface area contributed by atoms with E-state index in [4.69, 9.17) is 17.0 Å². The number of thiocarbonyl (C=S) groups is 1. The topological polar surface area (TPSA) is 108 Å². The Morgan fingerprint density at radius 1 is 1.39 bits per heavy atom. The number of ether oxygens (including phenoxy) is 1. The molecular formula is C15H21N3O4S. The van der Waals surface area contributed by atoms with E-state index in [0.29, 0.717) is 6.42 Å². The number of Topliss-reactive ketones (excluding diaryl/α,β-unsaturated/α-hetero) is 1. The van der Waals surface area contributed by atoms with Crippen molar-refractivity contribution in [3.8, 4) is 6.07 Å². The number of nitriles is 1. The highest BCUT2D eigenvalue weighted by atomic mass is 32.1. The van der Waals surface area contributed by atoms with E-state index in [1.54, 1.807) is 6.07 Å². The summed E-state index contributed by atoms with van der Waals surface area (Å²) in [6.45, 7) is 2.07. The van der Waals surface area contributed by atoms with Crippen molar-refractivity contribution >= 4 is 35.0 Å². The van der Waals surface area contributed by atoms with Gasteiger partial charge in [0, 0.05) is 12.8 Å². The van der Waals surface area contributed by atoms with Crippen molar-refractivity contribution in [3.63, 3.8) is 0 Å². The molecule has 0 bridgehead atoms. The summed E-state index contributed by atoms with van der Waals surface area (Å²) in [5.41, 5.74) is -1.76. The van der Waals surface area contributed by atoms with Crippen molar-refractivity contribution in [2.45, 2.75) is 51.0 Å². The molecule has 0 aromatic heterocycles.